The first kappa shape index (κ1) is 10.7. The third kappa shape index (κ3) is 2.23. The fourth-order valence-corrected chi connectivity index (χ4v) is 2.98. The summed E-state index contributed by atoms with van der Waals surface area (Å²) < 4.78 is 0. The molecule has 0 amide bonds. The van der Waals surface area contributed by atoms with Gasteiger partial charge < -0.3 is 5.73 Å². The average molecular weight is 203 g/mol. The summed E-state index contributed by atoms with van der Waals surface area (Å²) in [6, 6.07) is 11.0. The summed E-state index contributed by atoms with van der Waals surface area (Å²) in [4.78, 5) is 0. The van der Waals surface area contributed by atoms with Gasteiger partial charge in [-0.25, -0.2) is 0 Å². The summed E-state index contributed by atoms with van der Waals surface area (Å²) in [7, 11) is 0. The van der Waals surface area contributed by atoms with Gasteiger partial charge in [0.05, 0.1) is 0 Å². The van der Waals surface area contributed by atoms with Crippen LogP contribution in [0.15, 0.2) is 30.3 Å². The predicted octanol–water partition coefficient (Wildman–Crippen LogP) is 3.24. The molecule has 0 heterocycles. The number of rotatable bonds is 3. The standard InChI is InChI=1S/C14H21N/c15-12-11-14(9-5-2-6-10-14)13-7-3-1-4-8-13/h1,3-4,7-8H,2,5-6,9-12,15H2. The first-order chi connectivity index (χ1) is 7.37. The van der Waals surface area contributed by atoms with Crippen LogP contribution >= 0.6 is 0 Å². The van der Waals surface area contributed by atoms with Gasteiger partial charge in [-0.1, -0.05) is 49.6 Å². The zero-order valence-electron chi connectivity index (χ0n) is 9.41. The molecule has 1 aromatic rings. The highest BCUT2D eigenvalue weighted by Gasteiger charge is 2.32. The van der Waals surface area contributed by atoms with Crippen molar-refractivity contribution in [1.82, 2.24) is 0 Å². The number of benzene rings is 1. The Morgan fingerprint density at radius 2 is 1.67 bits per heavy atom. The summed E-state index contributed by atoms with van der Waals surface area (Å²) >= 11 is 0. The Labute approximate surface area is 92.7 Å². The van der Waals surface area contributed by atoms with Crippen LogP contribution in [0.3, 0.4) is 0 Å². The quantitative estimate of drug-likeness (QED) is 0.802. The molecule has 0 aliphatic heterocycles. The molecule has 1 fully saturated rings. The minimum Gasteiger partial charge on any atom is -0.330 e. The minimum absolute atomic E-state index is 0.397. The monoisotopic (exact) mass is 203 g/mol. The van der Waals surface area contributed by atoms with Gasteiger partial charge in [0.15, 0.2) is 0 Å². The highest BCUT2D eigenvalue weighted by molar-refractivity contribution is 5.26. The Bertz CT molecular complexity index is 280. The summed E-state index contributed by atoms with van der Waals surface area (Å²) in [5.74, 6) is 0. The molecule has 0 unspecified atom stereocenters. The van der Waals surface area contributed by atoms with Gasteiger partial charge in [0.1, 0.15) is 0 Å². The van der Waals surface area contributed by atoms with Crippen LogP contribution in [0.5, 0.6) is 0 Å². The molecule has 1 heteroatoms. The Morgan fingerprint density at radius 1 is 1.00 bits per heavy atom. The Kier molecular flexibility index (Phi) is 3.42. The van der Waals surface area contributed by atoms with E-state index >= 15 is 0 Å². The van der Waals surface area contributed by atoms with E-state index in [2.05, 4.69) is 30.3 Å². The Hall–Kier alpha value is -0.820. The first-order valence-corrected chi connectivity index (χ1v) is 6.13. The summed E-state index contributed by atoms with van der Waals surface area (Å²) in [6.45, 7) is 0.814. The van der Waals surface area contributed by atoms with Crippen LogP contribution in [0, 0.1) is 0 Å². The van der Waals surface area contributed by atoms with Crippen molar-refractivity contribution in [2.45, 2.75) is 43.9 Å². The molecule has 1 aliphatic carbocycles. The highest BCUT2D eigenvalue weighted by Crippen LogP contribution is 2.41. The zero-order valence-corrected chi connectivity index (χ0v) is 9.41. The van der Waals surface area contributed by atoms with Gasteiger partial charge in [-0.2, -0.15) is 0 Å². The Morgan fingerprint density at radius 3 is 2.27 bits per heavy atom. The smallest absolute Gasteiger partial charge is 0.00350 e. The van der Waals surface area contributed by atoms with Crippen molar-refractivity contribution in [3.63, 3.8) is 0 Å². The molecule has 2 rings (SSSR count). The molecule has 0 aromatic heterocycles. The maximum atomic E-state index is 5.78. The molecule has 1 aromatic carbocycles. The lowest BCUT2D eigenvalue weighted by Crippen LogP contribution is -2.31. The van der Waals surface area contributed by atoms with E-state index < -0.39 is 0 Å². The number of hydrogen-bond donors (Lipinski definition) is 1. The van der Waals surface area contributed by atoms with Crippen molar-refractivity contribution < 1.29 is 0 Å². The normalized spacial score (nSPS) is 20.1. The predicted molar refractivity (Wildman–Crippen MR) is 64.9 cm³/mol. The van der Waals surface area contributed by atoms with Gasteiger partial charge in [0, 0.05) is 0 Å². The van der Waals surface area contributed by atoms with E-state index in [4.69, 9.17) is 5.73 Å². The third-order valence-corrected chi connectivity index (χ3v) is 3.82. The molecular formula is C14H21N. The average Bonchev–Trinajstić information content (AvgIpc) is 2.32. The van der Waals surface area contributed by atoms with Crippen LogP contribution in [-0.2, 0) is 5.41 Å². The summed E-state index contributed by atoms with van der Waals surface area (Å²) in [6.07, 6.45) is 7.95. The molecule has 0 bridgehead atoms. The molecule has 1 nitrogen and oxygen atoms in total. The van der Waals surface area contributed by atoms with E-state index in [9.17, 15) is 0 Å². The molecule has 0 spiro atoms. The van der Waals surface area contributed by atoms with E-state index in [0.29, 0.717) is 5.41 Å². The Balaban J connectivity index is 2.25. The van der Waals surface area contributed by atoms with Gasteiger partial charge in [0.2, 0.25) is 0 Å². The molecule has 0 radical (unpaired) electrons. The van der Waals surface area contributed by atoms with Crippen molar-refractivity contribution in [1.29, 1.82) is 0 Å². The van der Waals surface area contributed by atoms with Crippen LogP contribution in [-0.4, -0.2) is 6.54 Å². The lowest BCUT2D eigenvalue weighted by Gasteiger charge is -2.37. The molecule has 1 aliphatic rings. The molecule has 15 heavy (non-hydrogen) atoms. The first-order valence-electron chi connectivity index (χ1n) is 6.13. The van der Waals surface area contributed by atoms with Crippen LogP contribution < -0.4 is 5.73 Å². The maximum absolute atomic E-state index is 5.78. The van der Waals surface area contributed by atoms with E-state index in [-0.39, 0.29) is 0 Å². The largest absolute Gasteiger partial charge is 0.330 e. The third-order valence-electron chi connectivity index (χ3n) is 3.82. The molecule has 1 saturated carbocycles. The van der Waals surface area contributed by atoms with Crippen LogP contribution in [0.2, 0.25) is 0 Å². The second-order valence-electron chi connectivity index (χ2n) is 4.75. The summed E-state index contributed by atoms with van der Waals surface area (Å²) in [5.41, 5.74) is 7.69. The fraction of sp³-hybridized carbons (Fsp3) is 0.571. The van der Waals surface area contributed by atoms with Gasteiger partial charge in [-0.15, -0.1) is 0 Å². The second-order valence-corrected chi connectivity index (χ2v) is 4.75. The van der Waals surface area contributed by atoms with Crippen LogP contribution in [0.25, 0.3) is 0 Å². The van der Waals surface area contributed by atoms with Crippen molar-refractivity contribution >= 4 is 0 Å². The van der Waals surface area contributed by atoms with E-state index in [0.717, 1.165) is 13.0 Å². The number of hydrogen-bond acceptors (Lipinski definition) is 1. The lowest BCUT2D eigenvalue weighted by molar-refractivity contribution is 0.277. The second kappa shape index (κ2) is 4.80. The molecule has 0 saturated heterocycles. The maximum Gasteiger partial charge on any atom is -0.00350 e. The zero-order chi connectivity index (χ0) is 10.6. The van der Waals surface area contributed by atoms with Gasteiger partial charge >= 0.3 is 0 Å². The summed E-state index contributed by atoms with van der Waals surface area (Å²) in [5, 5.41) is 0. The molecular weight excluding hydrogens is 182 g/mol. The molecule has 2 N–H and O–H groups in total. The van der Waals surface area contributed by atoms with Crippen molar-refractivity contribution in [2.24, 2.45) is 5.73 Å². The SMILES string of the molecule is NCCC1(c2ccccc2)CCCCC1. The van der Waals surface area contributed by atoms with Crippen molar-refractivity contribution in [3.05, 3.63) is 35.9 Å². The highest BCUT2D eigenvalue weighted by atomic mass is 14.5. The van der Waals surface area contributed by atoms with E-state index in [1.165, 1.54) is 37.7 Å². The van der Waals surface area contributed by atoms with Gasteiger partial charge in [-0.05, 0) is 36.8 Å². The van der Waals surface area contributed by atoms with E-state index in [1.807, 2.05) is 0 Å². The lowest BCUT2D eigenvalue weighted by atomic mass is 9.67. The van der Waals surface area contributed by atoms with Gasteiger partial charge in [0.25, 0.3) is 0 Å². The molecule has 82 valence electrons. The fourth-order valence-electron chi connectivity index (χ4n) is 2.98. The van der Waals surface area contributed by atoms with Gasteiger partial charge in [-0.3, -0.25) is 0 Å². The van der Waals surface area contributed by atoms with E-state index in [1.54, 1.807) is 0 Å². The van der Waals surface area contributed by atoms with Crippen molar-refractivity contribution in [3.8, 4) is 0 Å². The van der Waals surface area contributed by atoms with Crippen LogP contribution in [0.4, 0.5) is 0 Å². The number of nitrogens with two attached hydrogens (primary N) is 1. The minimum atomic E-state index is 0.397. The van der Waals surface area contributed by atoms with Crippen LogP contribution in [0.1, 0.15) is 44.1 Å². The molecule has 0 atom stereocenters. The van der Waals surface area contributed by atoms with Crippen molar-refractivity contribution in [2.75, 3.05) is 6.54 Å². The topological polar surface area (TPSA) is 26.0 Å².